The normalized spacial score (nSPS) is 17.4. The van der Waals surface area contributed by atoms with Crippen LogP contribution in [0.4, 0.5) is 0 Å². The Kier molecular flexibility index (Phi) is 6.54. The summed E-state index contributed by atoms with van der Waals surface area (Å²) in [6, 6.07) is 0. The molecule has 1 aliphatic rings. The zero-order valence-electron chi connectivity index (χ0n) is 12.4. The minimum absolute atomic E-state index is 0.229. The van der Waals surface area contributed by atoms with Crippen LogP contribution in [0.15, 0.2) is 23.3 Å². The zero-order valence-corrected chi connectivity index (χ0v) is 12.4. The zero-order chi connectivity index (χ0) is 14.3. The number of allylic oxidation sites excluding steroid dienone is 3. The number of likely N-dealkylation sites (tertiary alicyclic amines) is 1. The Morgan fingerprint density at radius 1 is 1.16 bits per heavy atom. The summed E-state index contributed by atoms with van der Waals surface area (Å²) in [5.41, 5.74) is 2.61. The smallest absolute Gasteiger partial charge is 0.290 e. The SMILES string of the molecule is CC(C)=CCC/C(C)=C/CN1CCCCC(=O)C1=O. The molecule has 1 aliphatic heterocycles. The molecular formula is C16H25NO2. The van der Waals surface area contributed by atoms with Gasteiger partial charge < -0.3 is 4.90 Å². The van der Waals surface area contributed by atoms with Gasteiger partial charge in [0.15, 0.2) is 0 Å². The largest absolute Gasteiger partial charge is 0.332 e. The summed E-state index contributed by atoms with van der Waals surface area (Å²) in [5.74, 6) is -0.529. The van der Waals surface area contributed by atoms with E-state index in [0.29, 0.717) is 19.5 Å². The minimum atomic E-state index is -0.300. The number of Topliss-reactive ketones (excluding diaryl/α,β-unsaturated/α-hetero) is 1. The number of rotatable bonds is 5. The molecule has 0 bridgehead atoms. The molecule has 0 aliphatic carbocycles. The second-order valence-corrected chi connectivity index (χ2v) is 5.50. The lowest BCUT2D eigenvalue weighted by Gasteiger charge is -2.17. The highest BCUT2D eigenvalue weighted by molar-refractivity contribution is 6.36. The first kappa shape index (κ1) is 15.7. The molecule has 3 nitrogen and oxygen atoms in total. The molecule has 3 heteroatoms. The molecule has 0 aromatic heterocycles. The molecule has 0 unspecified atom stereocenters. The van der Waals surface area contributed by atoms with Crippen molar-refractivity contribution in [3.63, 3.8) is 0 Å². The first-order chi connectivity index (χ1) is 9.00. The van der Waals surface area contributed by atoms with E-state index < -0.39 is 0 Å². The maximum Gasteiger partial charge on any atom is 0.290 e. The molecule has 0 aromatic rings. The first-order valence-electron chi connectivity index (χ1n) is 7.12. The van der Waals surface area contributed by atoms with Crippen molar-refractivity contribution in [2.24, 2.45) is 0 Å². The van der Waals surface area contributed by atoms with E-state index in [4.69, 9.17) is 0 Å². The van der Waals surface area contributed by atoms with Crippen molar-refractivity contribution in [2.75, 3.05) is 13.1 Å². The molecule has 1 rings (SSSR count). The highest BCUT2D eigenvalue weighted by Crippen LogP contribution is 2.11. The van der Waals surface area contributed by atoms with E-state index in [1.807, 2.05) is 0 Å². The van der Waals surface area contributed by atoms with Crippen LogP contribution in [-0.2, 0) is 9.59 Å². The molecule has 0 aromatic carbocycles. The van der Waals surface area contributed by atoms with E-state index >= 15 is 0 Å². The van der Waals surface area contributed by atoms with E-state index in [9.17, 15) is 9.59 Å². The molecule has 0 N–H and O–H groups in total. The molecular weight excluding hydrogens is 238 g/mol. The number of hydrogen-bond donors (Lipinski definition) is 0. The van der Waals surface area contributed by atoms with Crippen molar-refractivity contribution in [2.45, 2.75) is 52.9 Å². The molecule has 1 saturated heterocycles. The van der Waals surface area contributed by atoms with Gasteiger partial charge >= 0.3 is 0 Å². The summed E-state index contributed by atoms with van der Waals surface area (Å²) in [7, 11) is 0. The highest BCUT2D eigenvalue weighted by Gasteiger charge is 2.23. The Hall–Kier alpha value is -1.38. The fourth-order valence-electron chi connectivity index (χ4n) is 2.10. The van der Waals surface area contributed by atoms with Gasteiger partial charge in [0.1, 0.15) is 0 Å². The first-order valence-corrected chi connectivity index (χ1v) is 7.12. The van der Waals surface area contributed by atoms with Gasteiger partial charge in [0.05, 0.1) is 0 Å². The summed E-state index contributed by atoms with van der Waals surface area (Å²) in [6.07, 6.45) is 8.54. The van der Waals surface area contributed by atoms with Crippen molar-refractivity contribution in [1.82, 2.24) is 4.90 Å². The van der Waals surface area contributed by atoms with Crippen LogP contribution >= 0.6 is 0 Å². The van der Waals surface area contributed by atoms with Gasteiger partial charge in [0, 0.05) is 19.5 Å². The summed E-state index contributed by atoms with van der Waals surface area (Å²) in [5, 5.41) is 0. The third-order valence-corrected chi connectivity index (χ3v) is 3.36. The summed E-state index contributed by atoms with van der Waals surface area (Å²) in [4.78, 5) is 25.0. The molecule has 1 amide bonds. The third kappa shape index (κ3) is 5.86. The lowest BCUT2D eigenvalue weighted by Crippen LogP contribution is -2.35. The molecule has 1 heterocycles. The Bertz CT molecular complexity index is 390. The quantitative estimate of drug-likeness (QED) is 0.564. The second kappa shape index (κ2) is 7.93. The maximum absolute atomic E-state index is 11.8. The molecule has 0 atom stereocenters. The molecule has 0 saturated carbocycles. The highest BCUT2D eigenvalue weighted by atomic mass is 16.2. The van der Waals surface area contributed by atoms with E-state index in [1.165, 1.54) is 11.1 Å². The van der Waals surface area contributed by atoms with Gasteiger partial charge in [-0.05, 0) is 46.5 Å². The van der Waals surface area contributed by atoms with Gasteiger partial charge in [-0.15, -0.1) is 0 Å². The van der Waals surface area contributed by atoms with E-state index in [1.54, 1.807) is 4.90 Å². The van der Waals surface area contributed by atoms with E-state index in [0.717, 1.165) is 25.7 Å². The fourth-order valence-corrected chi connectivity index (χ4v) is 2.10. The van der Waals surface area contributed by atoms with E-state index in [-0.39, 0.29) is 11.7 Å². The third-order valence-electron chi connectivity index (χ3n) is 3.36. The summed E-state index contributed by atoms with van der Waals surface area (Å²) >= 11 is 0. The molecule has 0 spiro atoms. The Morgan fingerprint density at radius 2 is 1.89 bits per heavy atom. The lowest BCUT2D eigenvalue weighted by atomic mass is 10.1. The van der Waals surface area contributed by atoms with Crippen molar-refractivity contribution in [3.05, 3.63) is 23.3 Å². The van der Waals surface area contributed by atoms with Crippen LogP contribution in [0.5, 0.6) is 0 Å². The molecule has 1 fully saturated rings. The van der Waals surface area contributed by atoms with Crippen LogP contribution in [0.2, 0.25) is 0 Å². The van der Waals surface area contributed by atoms with E-state index in [2.05, 4.69) is 32.9 Å². The number of ketones is 1. The van der Waals surface area contributed by atoms with Crippen molar-refractivity contribution >= 4 is 11.7 Å². The predicted octanol–water partition coefficient (Wildman–Crippen LogP) is 3.26. The fraction of sp³-hybridized carbons (Fsp3) is 0.625. The van der Waals surface area contributed by atoms with Gasteiger partial charge in [0.2, 0.25) is 5.78 Å². The number of nitrogens with zero attached hydrogens (tertiary/aromatic N) is 1. The topological polar surface area (TPSA) is 37.4 Å². The number of amides is 1. The minimum Gasteiger partial charge on any atom is -0.332 e. The van der Waals surface area contributed by atoms with Crippen LogP contribution in [0.25, 0.3) is 0 Å². The van der Waals surface area contributed by atoms with Gasteiger partial charge in [-0.2, -0.15) is 0 Å². The summed E-state index contributed by atoms with van der Waals surface area (Å²) in [6.45, 7) is 7.57. The molecule has 19 heavy (non-hydrogen) atoms. The molecule has 0 radical (unpaired) electrons. The number of hydrogen-bond acceptors (Lipinski definition) is 2. The molecule has 106 valence electrons. The predicted molar refractivity (Wildman–Crippen MR) is 77.9 cm³/mol. The van der Waals surface area contributed by atoms with Crippen LogP contribution in [-0.4, -0.2) is 29.7 Å². The number of carbonyl (C=O) groups is 2. The Morgan fingerprint density at radius 3 is 2.58 bits per heavy atom. The average Bonchev–Trinajstić information content (AvgIpc) is 2.50. The standard InChI is InChI=1S/C16H25NO2/c1-13(2)7-6-8-14(3)10-12-17-11-5-4-9-15(18)16(17)19/h7,10H,4-6,8-9,11-12H2,1-3H3/b14-10+. The Labute approximate surface area is 116 Å². The van der Waals surface area contributed by atoms with Gasteiger partial charge in [0.25, 0.3) is 5.91 Å². The second-order valence-electron chi connectivity index (χ2n) is 5.50. The van der Waals surface area contributed by atoms with Gasteiger partial charge in [-0.3, -0.25) is 9.59 Å². The van der Waals surface area contributed by atoms with Gasteiger partial charge in [-0.25, -0.2) is 0 Å². The number of carbonyl (C=O) groups excluding carboxylic acids is 2. The van der Waals surface area contributed by atoms with Crippen LogP contribution in [0.1, 0.15) is 52.9 Å². The lowest BCUT2D eigenvalue weighted by molar-refractivity contribution is -0.143. The van der Waals surface area contributed by atoms with Gasteiger partial charge in [-0.1, -0.05) is 23.3 Å². The van der Waals surface area contributed by atoms with Crippen molar-refractivity contribution < 1.29 is 9.59 Å². The monoisotopic (exact) mass is 263 g/mol. The average molecular weight is 263 g/mol. The van der Waals surface area contributed by atoms with Crippen molar-refractivity contribution in [3.8, 4) is 0 Å². The van der Waals surface area contributed by atoms with Crippen LogP contribution < -0.4 is 0 Å². The van der Waals surface area contributed by atoms with Crippen LogP contribution in [0.3, 0.4) is 0 Å². The van der Waals surface area contributed by atoms with Crippen molar-refractivity contribution in [1.29, 1.82) is 0 Å². The Balaban J connectivity index is 2.46. The van der Waals surface area contributed by atoms with Crippen LogP contribution in [0, 0.1) is 0 Å². The summed E-state index contributed by atoms with van der Waals surface area (Å²) < 4.78 is 0. The maximum atomic E-state index is 11.8.